The molecule has 0 N–H and O–H groups in total. The maximum absolute atomic E-state index is 12.3. The molecular weight excluding hydrogens is 310 g/mol. The molecule has 0 aromatic carbocycles. The van der Waals surface area contributed by atoms with Crippen molar-refractivity contribution >= 4 is 21.8 Å². The number of carbonyl (C=O) groups is 1. The average Bonchev–Trinajstić information content (AvgIpc) is 2.94. The van der Waals surface area contributed by atoms with Gasteiger partial charge in [-0.2, -0.15) is 10.2 Å². The fraction of sp³-hybridized carbons (Fsp3) is 0.417. The number of hydrogen-bond acceptors (Lipinski definition) is 3. The summed E-state index contributed by atoms with van der Waals surface area (Å²) in [6.07, 6.45) is 5.48. The molecule has 0 saturated heterocycles. The minimum absolute atomic E-state index is 0.114. The second kappa shape index (κ2) is 5.56. The van der Waals surface area contributed by atoms with Crippen LogP contribution in [0.25, 0.3) is 0 Å². The predicted octanol–water partition coefficient (Wildman–Crippen LogP) is 1.67. The summed E-state index contributed by atoms with van der Waals surface area (Å²) in [5.74, 6) is -0.114. The highest BCUT2D eigenvalue weighted by molar-refractivity contribution is 9.10. The van der Waals surface area contributed by atoms with E-state index in [4.69, 9.17) is 0 Å². The van der Waals surface area contributed by atoms with Crippen molar-refractivity contribution in [2.24, 2.45) is 7.05 Å². The van der Waals surface area contributed by atoms with Crippen molar-refractivity contribution in [3.05, 3.63) is 34.3 Å². The van der Waals surface area contributed by atoms with Gasteiger partial charge in [-0.05, 0) is 22.9 Å². The Balaban J connectivity index is 2.09. The topological polar surface area (TPSA) is 56.0 Å². The van der Waals surface area contributed by atoms with Gasteiger partial charge < -0.3 is 4.90 Å². The smallest absolute Gasteiger partial charge is 0.275 e. The van der Waals surface area contributed by atoms with Gasteiger partial charge in [0.1, 0.15) is 0 Å². The van der Waals surface area contributed by atoms with Gasteiger partial charge in [-0.15, -0.1) is 0 Å². The largest absolute Gasteiger partial charge is 0.336 e. The van der Waals surface area contributed by atoms with Crippen LogP contribution in [-0.4, -0.2) is 37.4 Å². The van der Waals surface area contributed by atoms with Crippen molar-refractivity contribution in [2.75, 3.05) is 7.05 Å². The van der Waals surface area contributed by atoms with Crippen molar-refractivity contribution in [3.63, 3.8) is 0 Å². The molecule has 0 bridgehead atoms. The van der Waals surface area contributed by atoms with E-state index >= 15 is 0 Å². The number of aromatic nitrogens is 4. The van der Waals surface area contributed by atoms with E-state index in [0.717, 1.165) is 12.1 Å². The number of rotatable bonds is 4. The lowest BCUT2D eigenvalue weighted by molar-refractivity contribution is 0.0777. The summed E-state index contributed by atoms with van der Waals surface area (Å²) in [4.78, 5) is 13.9. The van der Waals surface area contributed by atoms with Gasteiger partial charge in [-0.3, -0.25) is 14.2 Å². The Hall–Kier alpha value is -1.63. The van der Waals surface area contributed by atoms with Crippen molar-refractivity contribution < 1.29 is 4.79 Å². The van der Waals surface area contributed by atoms with Crippen LogP contribution < -0.4 is 0 Å². The maximum Gasteiger partial charge on any atom is 0.275 e. The minimum Gasteiger partial charge on any atom is -0.336 e. The Bertz CT molecular complexity index is 589. The van der Waals surface area contributed by atoms with Crippen molar-refractivity contribution in [2.45, 2.75) is 20.0 Å². The van der Waals surface area contributed by atoms with E-state index in [0.29, 0.717) is 16.7 Å². The van der Waals surface area contributed by atoms with Gasteiger partial charge >= 0.3 is 0 Å². The third kappa shape index (κ3) is 3.04. The zero-order valence-corrected chi connectivity index (χ0v) is 12.8. The third-order valence-electron chi connectivity index (χ3n) is 2.76. The standard InChI is InChI=1S/C12H16BrN5O/c1-4-18-7-9(5-14-18)6-16(2)12(19)11-10(13)8-17(3)15-11/h5,7-8H,4,6H2,1-3H3. The molecule has 0 spiro atoms. The van der Waals surface area contributed by atoms with Crippen LogP contribution >= 0.6 is 15.9 Å². The van der Waals surface area contributed by atoms with Crippen molar-refractivity contribution in [3.8, 4) is 0 Å². The van der Waals surface area contributed by atoms with Crippen LogP contribution in [0.4, 0.5) is 0 Å². The normalized spacial score (nSPS) is 10.7. The molecule has 0 atom stereocenters. The first kappa shape index (κ1) is 13.8. The molecule has 0 fully saturated rings. The van der Waals surface area contributed by atoms with Gasteiger partial charge in [0, 0.05) is 45.1 Å². The van der Waals surface area contributed by atoms with Gasteiger partial charge in [0.05, 0.1) is 10.7 Å². The van der Waals surface area contributed by atoms with E-state index in [1.54, 1.807) is 36.1 Å². The van der Waals surface area contributed by atoms with Gasteiger partial charge in [0.25, 0.3) is 5.91 Å². The third-order valence-corrected chi connectivity index (χ3v) is 3.34. The van der Waals surface area contributed by atoms with Crippen LogP contribution in [0, 0.1) is 0 Å². The van der Waals surface area contributed by atoms with Crippen LogP contribution in [0.5, 0.6) is 0 Å². The molecule has 2 aromatic rings. The highest BCUT2D eigenvalue weighted by atomic mass is 79.9. The second-order valence-electron chi connectivity index (χ2n) is 4.36. The SMILES string of the molecule is CCn1cc(CN(C)C(=O)c2nn(C)cc2Br)cn1. The summed E-state index contributed by atoms with van der Waals surface area (Å²) in [7, 11) is 3.54. The first-order valence-corrected chi connectivity index (χ1v) is 6.76. The molecule has 0 radical (unpaired) electrons. The Labute approximate surface area is 120 Å². The van der Waals surface area contributed by atoms with Gasteiger partial charge in [0.15, 0.2) is 5.69 Å². The van der Waals surface area contributed by atoms with Gasteiger partial charge in [-0.1, -0.05) is 0 Å². The van der Waals surface area contributed by atoms with Crippen molar-refractivity contribution in [1.82, 2.24) is 24.5 Å². The molecule has 7 heteroatoms. The van der Waals surface area contributed by atoms with E-state index in [1.165, 1.54) is 0 Å². The molecule has 102 valence electrons. The summed E-state index contributed by atoms with van der Waals surface area (Å²) in [5, 5.41) is 8.34. The minimum atomic E-state index is -0.114. The lowest BCUT2D eigenvalue weighted by Gasteiger charge is -2.14. The Morgan fingerprint density at radius 1 is 1.47 bits per heavy atom. The first-order valence-electron chi connectivity index (χ1n) is 5.97. The summed E-state index contributed by atoms with van der Waals surface area (Å²) in [5.41, 5.74) is 1.43. The van der Waals surface area contributed by atoms with Crippen LogP contribution in [0.1, 0.15) is 23.0 Å². The van der Waals surface area contributed by atoms with Crippen molar-refractivity contribution in [1.29, 1.82) is 0 Å². The molecule has 0 aliphatic heterocycles. The Morgan fingerprint density at radius 2 is 2.21 bits per heavy atom. The number of halogens is 1. The van der Waals surface area contributed by atoms with E-state index < -0.39 is 0 Å². The lowest BCUT2D eigenvalue weighted by Crippen LogP contribution is -2.26. The monoisotopic (exact) mass is 325 g/mol. The number of aryl methyl sites for hydroxylation is 2. The fourth-order valence-electron chi connectivity index (χ4n) is 1.79. The molecule has 2 heterocycles. The first-order chi connectivity index (χ1) is 9.01. The predicted molar refractivity (Wildman–Crippen MR) is 74.6 cm³/mol. The van der Waals surface area contributed by atoms with Crippen LogP contribution in [-0.2, 0) is 20.1 Å². The molecule has 0 unspecified atom stereocenters. The number of carbonyl (C=O) groups excluding carboxylic acids is 1. The molecule has 2 aromatic heterocycles. The molecule has 0 aliphatic carbocycles. The molecule has 19 heavy (non-hydrogen) atoms. The highest BCUT2D eigenvalue weighted by Gasteiger charge is 2.19. The zero-order valence-electron chi connectivity index (χ0n) is 11.2. The van der Waals surface area contributed by atoms with Crippen LogP contribution in [0.15, 0.2) is 23.1 Å². The Morgan fingerprint density at radius 3 is 2.74 bits per heavy atom. The zero-order chi connectivity index (χ0) is 14.0. The fourth-order valence-corrected chi connectivity index (χ4v) is 2.34. The molecular formula is C12H16BrN5O. The van der Waals surface area contributed by atoms with E-state index in [9.17, 15) is 4.79 Å². The summed E-state index contributed by atoms with van der Waals surface area (Å²) < 4.78 is 4.15. The van der Waals surface area contributed by atoms with Crippen LogP contribution in [0.2, 0.25) is 0 Å². The Kier molecular flexibility index (Phi) is 4.04. The van der Waals surface area contributed by atoms with Crippen LogP contribution in [0.3, 0.4) is 0 Å². The maximum atomic E-state index is 12.3. The number of amides is 1. The highest BCUT2D eigenvalue weighted by Crippen LogP contribution is 2.16. The summed E-state index contributed by atoms with van der Waals surface area (Å²) in [6, 6.07) is 0. The van der Waals surface area contributed by atoms with E-state index in [2.05, 4.69) is 26.1 Å². The lowest BCUT2D eigenvalue weighted by atomic mass is 10.3. The van der Waals surface area contributed by atoms with Gasteiger partial charge in [-0.25, -0.2) is 0 Å². The average molecular weight is 326 g/mol. The molecule has 1 amide bonds. The van der Waals surface area contributed by atoms with E-state index in [-0.39, 0.29) is 5.91 Å². The molecule has 0 aliphatic rings. The van der Waals surface area contributed by atoms with Gasteiger partial charge in [0.2, 0.25) is 0 Å². The molecule has 2 rings (SSSR count). The second-order valence-corrected chi connectivity index (χ2v) is 5.22. The molecule has 0 saturated carbocycles. The number of hydrogen-bond donors (Lipinski definition) is 0. The molecule has 6 nitrogen and oxygen atoms in total. The summed E-state index contributed by atoms with van der Waals surface area (Å²) in [6.45, 7) is 3.36. The van der Waals surface area contributed by atoms with E-state index in [1.807, 2.05) is 17.8 Å². The summed E-state index contributed by atoms with van der Waals surface area (Å²) >= 11 is 3.34. The quantitative estimate of drug-likeness (QED) is 0.859. The number of nitrogens with zero attached hydrogens (tertiary/aromatic N) is 5.